The Bertz CT molecular complexity index is 1030. The molecule has 2 aromatic carbocycles. The van der Waals surface area contributed by atoms with E-state index in [1.807, 2.05) is 18.2 Å². The second kappa shape index (κ2) is 8.70. The third-order valence-corrected chi connectivity index (χ3v) is 4.17. The number of benzene rings is 2. The molecule has 0 radical (unpaired) electrons. The van der Waals surface area contributed by atoms with Crippen molar-refractivity contribution in [3.8, 4) is 11.4 Å². The highest BCUT2D eigenvalue weighted by Crippen LogP contribution is 2.38. The summed E-state index contributed by atoms with van der Waals surface area (Å²) in [5.41, 5.74) is -1.81. The van der Waals surface area contributed by atoms with Gasteiger partial charge in [0.15, 0.2) is 11.4 Å². The Kier molecular flexibility index (Phi) is 6.23. The predicted molar refractivity (Wildman–Crippen MR) is 97.7 cm³/mol. The zero-order chi connectivity index (χ0) is 22.6. The number of alkyl halides is 6. The Morgan fingerprint density at radius 1 is 0.935 bits per heavy atom. The van der Waals surface area contributed by atoms with Crippen molar-refractivity contribution in [2.45, 2.75) is 18.8 Å². The van der Waals surface area contributed by atoms with E-state index >= 15 is 0 Å². The number of nitrogens with one attached hydrogen (secondary N) is 1. The van der Waals surface area contributed by atoms with Gasteiger partial charge in [0.2, 0.25) is 0 Å². The van der Waals surface area contributed by atoms with Crippen LogP contribution in [0.5, 0.6) is 5.75 Å². The van der Waals surface area contributed by atoms with Crippen molar-refractivity contribution in [2.24, 2.45) is 0 Å². The highest BCUT2D eigenvalue weighted by atomic mass is 19.4. The van der Waals surface area contributed by atoms with Gasteiger partial charge in [0.05, 0.1) is 17.4 Å². The number of hydrogen-bond acceptors (Lipinski definition) is 3. The third-order valence-electron chi connectivity index (χ3n) is 4.17. The highest BCUT2D eigenvalue weighted by molar-refractivity contribution is 5.70. The SMILES string of the molecule is O=C(NCCc1ccccc1)Oc1cnn(-c2ccc(C(F)(F)F)cc2)c1C(F)(F)F. The molecule has 0 unspecified atom stereocenters. The molecule has 0 aliphatic heterocycles. The van der Waals surface area contributed by atoms with Gasteiger partial charge in [-0.2, -0.15) is 31.4 Å². The van der Waals surface area contributed by atoms with E-state index in [0.29, 0.717) is 29.4 Å². The van der Waals surface area contributed by atoms with Crippen LogP contribution in [0.4, 0.5) is 31.1 Å². The number of amides is 1. The Hall–Kier alpha value is -3.50. The molecular weight excluding hydrogens is 428 g/mol. The first-order valence-corrected chi connectivity index (χ1v) is 8.88. The molecule has 3 aromatic rings. The van der Waals surface area contributed by atoms with E-state index in [2.05, 4.69) is 10.4 Å². The standard InChI is InChI=1S/C20H15F6N3O2/c21-19(22,23)14-6-8-15(9-7-14)29-17(20(24,25)26)16(12-28-29)31-18(30)27-11-10-13-4-2-1-3-5-13/h1-9,12H,10-11H2,(H,27,30). The summed E-state index contributed by atoms with van der Waals surface area (Å²) < 4.78 is 83.9. The lowest BCUT2D eigenvalue weighted by atomic mass is 10.1. The highest BCUT2D eigenvalue weighted by Gasteiger charge is 2.40. The van der Waals surface area contributed by atoms with Gasteiger partial charge in [-0.1, -0.05) is 30.3 Å². The number of carbonyl (C=O) groups is 1. The first-order chi connectivity index (χ1) is 14.6. The minimum atomic E-state index is -4.99. The molecule has 0 spiro atoms. The Labute approximate surface area is 172 Å². The van der Waals surface area contributed by atoms with E-state index in [-0.39, 0.29) is 12.2 Å². The molecule has 1 heterocycles. The molecule has 0 saturated carbocycles. The van der Waals surface area contributed by atoms with E-state index in [0.717, 1.165) is 17.7 Å². The summed E-state index contributed by atoms with van der Waals surface area (Å²) in [7, 11) is 0. The van der Waals surface area contributed by atoms with Crippen LogP contribution in [-0.2, 0) is 18.8 Å². The molecule has 0 atom stereocenters. The van der Waals surface area contributed by atoms with Gasteiger partial charge in [0.1, 0.15) is 0 Å². The monoisotopic (exact) mass is 443 g/mol. The number of nitrogens with zero attached hydrogens (tertiary/aromatic N) is 2. The summed E-state index contributed by atoms with van der Waals surface area (Å²) in [5.74, 6) is -0.871. The number of ether oxygens (including phenoxy) is 1. The molecule has 0 fully saturated rings. The van der Waals surface area contributed by atoms with Crippen molar-refractivity contribution in [2.75, 3.05) is 6.54 Å². The lowest BCUT2D eigenvalue weighted by Crippen LogP contribution is -2.29. The van der Waals surface area contributed by atoms with Crippen molar-refractivity contribution in [1.82, 2.24) is 15.1 Å². The molecular formula is C20H15F6N3O2. The van der Waals surface area contributed by atoms with Gasteiger partial charge in [0, 0.05) is 6.54 Å². The lowest BCUT2D eigenvalue weighted by molar-refractivity contribution is -0.144. The van der Waals surface area contributed by atoms with E-state index in [1.165, 1.54) is 0 Å². The fraction of sp³-hybridized carbons (Fsp3) is 0.200. The largest absolute Gasteiger partial charge is 0.437 e. The molecule has 1 aromatic heterocycles. The Morgan fingerprint density at radius 3 is 2.16 bits per heavy atom. The average Bonchev–Trinajstić information content (AvgIpc) is 3.12. The summed E-state index contributed by atoms with van der Waals surface area (Å²) in [5, 5.41) is 5.88. The normalized spacial score (nSPS) is 11.9. The molecule has 3 rings (SSSR count). The van der Waals surface area contributed by atoms with Gasteiger partial charge in [-0.05, 0) is 36.2 Å². The fourth-order valence-corrected chi connectivity index (χ4v) is 2.74. The minimum Gasteiger partial charge on any atom is -0.406 e. The molecule has 0 saturated heterocycles. The molecule has 31 heavy (non-hydrogen) atoms. The lowest BCUT2D eigenvalue weighted by Gasteiger charge is -2.13. The topological polar surface area (TPSA) is 56.1 Å². The molecule has 1 amide bonds. The summed E-state index contributed by atoms with van der Waals surface area (Å²) in [6.45, 7) is 0.122. The predicted octanol–water partition coefficient (Wildman–Crippen LogP) is 5.24. The van der Waals surface area contributed by atoms with Gasteiger partial charge in [-0.15, -0.1) is 0 Å². The third kappa shape index (κ3) is 5.56. The van der Waals surface area contributed by atoms with E-state index in [1.54, 1.807) is 12.1 Å². The maximum atomic E-state index is 13.6. The van der Waals surface area contributed by atoms with Crippen LogP contribution in [0.2, 0.25) is 0 Å². The molecule has 5 nitrogen and oxygen atoms in total. The van der Waals surface area contributed by atoms with Gasteiger partial charge in [-0.25, -0.2) is 9.48 Å². The van der Waals surface area contributed by atoms with E-state index in [4.69, 9.17) is 4.74 Å². The van der Waals surface area contributed by atoms with Crippen molar-refractivity contribution in [3.05, 3.63) is 77.6 Å². The van der Waals surface area contributed by atoms with Crippen LogP contribution >= 0.6 is 0 Å². The first kappa shape index (κ1) is 22.2. The van der Waals surface area contributed by atoms with Gasteiger partial charge < -0.3 is 10.1 Å². The van der Waals surface area contributed by atoms with Gasteiger partial charge in [0.25, 0.3) is 0 Å². The second-order valence-electron chi connectivity index (χ2n) is 6.36. The minimum absolute atomic E-state index is 0.122. The molecule has 0 aliphatic carbocycles. The number of halogens is 6. The van der Waals surface area contributed by atoms with Crippen LogP contribution in [0.3, 0.4) is 0 Å². The van der Waals surface area contributed by atoms with Crippen molar-refractivity contribution >= 4 is 6.09 Å². The van der Waals surface area contributed by atoms with Gasteiger partial charge >= 0.3 is 18.4 Å². The van der Waals surface area contributed by atoms with Crippen LogP contribution in [-0.4, -0.2) is 22.4 Å². The number of hydrogen-bond donors (Lipinski definition) is 1. The summed E-state index contributed by atoms with van der Waals surface area (Å²) >= 11 is 0. The van der Waals surface area contributed by atoms with Crippen LogP contribution in [0, 0.1) is 0 Å². The Morgan fingerprint density at radius 2 is 1.58 bits per heavy atom. The number of carbonyl (C=O) groups excluding carboxylic acids is 1. The van der Waals surface area contributed by atoms with Crippen molar-refractivity contribution in [3.63, 3.8) is 0 Å². The molecule has 164 valence electrons. The van der Waals surface area contributed by atoms with Crippen LogP contribution in [0.15, 0.2) is 60.8 Å². The van der Waals surface area contributed by atoms with Gasteiger partial charge in [-0.3, -0.25) is 0 Å². The molecule has 0 bridgehead atoms. The second-order valence-corrected chi connectivity index (χ2v) is 6.36. The zero-order valence-electron chi connectivity index (χ0n) is 15.7. The smallest absolute Gasteiger partial charge is 0.406 e. The van der Waals surface area contributed by atoms with Crippen LogP contribution < -0.4 is 10.1 Å². The molecule has 1 N–H and O–H groups in total. The maximum absolute atomic E-state index is 13.6. The fourth-order valence-electron chi connectivity index (χ4n) is 2.74. The number of rotatable bonds is 5. The Balaban J connectivity index is 1.75. The summed E-state index contributed by atoms with van der Waals surface area (Å²) in [6.07, 6.45) is -9.63. The summed E-state index contributed by atoms with van der Waals surface area (Å²) in [6, 6.07) is 12.0. The molecule has 11 heteroatoms. The van der Waals surface area contributed by atoms with Crippen LogP contribution in [0.1, 0.15) is 16.8 Å². The zero-order valence-corrected chi connectivity index (χ0v) is 15.7. The maximum Gasteiger partial charge on any atom is 0.437 e. The quantitative estimate of drug-likeness (QED) is 0.549. The average molecular weight is 443 g/mol. The van der Waals surface area contributed by atoms with Crippen molar-refractivity contribution < 1.29 is 35.9 Å². The first-order valence-electron chi connectivity index (χ1n) is 8.88. The van der Waals surface area contributed by atoms with E-state index in [9.17, 15) is 31.1 Å². The number of aromatic nitrogens is 2. The molecule has 0 aliphatic rings. The summed E-state index contributed by atoms with van der Waals surface area (Å²) in [4.78, 5) is 11.9. The van der Waals surface area contributed by atoms with Crippen molar-refractivity contribution in [1.29, 1.82) is 0 Å². The van der Waals surface area contributed by atoms with E-state index < -0.39 is 35.5 Å². The van der Waals surface area contributed by atoms with Crippen LogP contribution in [0.25, 0.3) is 5.69 Å².